The van der Waals surface area contributed by atoms with Crippen LogP contribution >= 0.6 is 34.7 Å². The molecular formula is C10H8ClNO2S2. The molecule has 1 heterocycles. The summed E-state index contributed by atoms with van der Waals surface area (Å²) in [6, 6.07) is 3.75. The molecular weight excluding hydrogens is 266 g/mol. The molecule has 0 radical (unpaired) electrons. The number of halogens is 1. The van der Waals surface area contributed by atoms with Crippen LogP contribution in [-0.2, 0) is 4.79 Å². The van der Waals surface area contributed by atoms with Gasteiger partial charge >= 0.3 is 5.97 Å². The molecule has 1 aromatic carbocycles. The maximum absolute atomic E-state index is 10.5. The Kier molecular flexibility index (Phi) is 3.37. The SMILES string of the molecule is Cc1ccc(Cl)c2sc(SCC(=O)O)nc12. The Morgan fingerprint density at radius 1 is 1.62 bits per heavy atom. The van der Waals surface area contributed by atoms with E-state index in [1.165, 1.54) is 23.1 Å². The molecule has 1 aromatic heterocycles. The molecule has 0 spiro atoms. The highest BCUT2D eigenvalue weighted by molar-refractivity contribution is 8.01. The molecule has 16 heavy (non-hydrogen) atoms. The van der Waals surface area contributed by atoms with Crippen molar-refractivity contribution in [3.05, 3.63) is 22.7 Å². The second-order valence-corrected chi connectivity index (χ2v) is 5.83. The minimum atomic E-state index is -0.841. The number of aryl methyl sites for hydroxylation is 1. The number of thiazole rings is 1. The fourth-order valence-corrected chi connectivity index (χ4v) is 3.38. The van der Waals surface area contributed by atoms with Crippen molar-refractivity contribution in [2.75, 3.05) is 5.75 Å². The zero-order valence-corrected chi connectivity index (χ0v) is 10.7. The normalized spacial score (nSPS) is 10.9. The largest absolute Gasteiger partial charge is 0.481 e. The Hall–Kier alpha value is -0.780. The van der Waals surface area contributed by atoms with Gasteiger partial charge in [0.2, 0.25) is 0 Å². The zero-order valence-electron chi connectivity index (χ0n) is 8.36. The number of hydrogen-bond acceptors (Lipinski definition) is 4. The predicted molar refractivity (Wildman–Crippen MR) is 67.7 cm³/mol. The van der Waals surface area contributed by atoms with Crippen LogP contribution in [0.2, 0.25) is 5.02 Å². The quantitative estimate of drug-likeness (QED) is 0.871. The van der Waals surface area contributed by atoms with E-state index in [4.69, 9.17) is 16.7 Å². The number of thioether (sulfide) groups is 1. The first kappa shape index (κ1) is 11.7. The number of carboxylic acid groups (broad SMARTS) is 1. The molecule has 0 aliphatic carbocycles. The third-order valence-electron chi connectivity index (χ3n) is 2.00. The van der Waals surface area contributed by atoms with Gasteiger partial charge in [-0.25, -0.2) is 4.98 Å². The predicted octanol–water partition coefficient (Wildman–Crippen LogP) is 3.43. The van der Waals surface area contributed by atoms with Gasteiger partial charge in [-0.15, -0.1) is 11.3 Å². The smallest absolute Gasteiger partial charge is 0.313 e. The average molecular weight is 274 g/mol. The molecule has 1 N–H and O–H groups in total. The number of fused-ring (bicyclic) bond motifs is 1. The Morgan fingerprint density at radius 2 is 2.38 bits per heavy atom. The molecule has 2 aromatic rings. The van der Waals surface area contributed by atoms with E-state index >= 15 is 0 Å². The van der Waals surface area contributed by atoms with Crippen molar-refractivity contribution in [3.63, 3.8) is 0 Å². The van der Waals surface area contributed by atoms with Crippen molar-refractivity contribution in [1.29, 1.82) is 0 Å². The van der Waals surface area contributed by atoms with Crippen LogP contribution in [0, 0.1) is 6.92 Å². The number of aromatic nitrogens is 1. The summed E-state index contributed by atoms with van der Waals surface area (Å²) in [6.07, 6.45) is 0. The summed E-state index contributed by atoms with van der Waals surface area (Å²) in [4.78, 5) is 14.8. The van der Waals surface area contributed by atoms with Gasteiger partial charge in [0.15, 0.2) is 4.34 Å². The number of carboxylic acids is 1. The number of hydrogen-bond donors (Lipinski definition) is 1. The fourth-order valence-electron chi connectivity index (χ4n) is 1.27. The second-order valence-electron chi connectivity index (χ2n) is 3.20. The Morgan fingerprint density at radius 3 is 3.00 bits per heavy atom. The van der Waals surface area contributed by atoms with Crippen LogP contribution < -0.4 is 0 Å². The molecule has 0 aliphatic rings. The van der Waals surface area contributed by atoms with Gasteiger partial charge in [0.1, 0.15) is 0 Å². The number of benzene rings is 1. The van der Waals surface area contributed by atoms with E-state index in [2.05, 4.69) is 4.98 Å². The first-order chi connectivity index (χ1) is 7.58. The maximum Gasteiger partial charge on any atom is 0.313 e. The van der Waals surface area contributed by atoms with Gasteiger partial charge in [0, 0.05) is 0 Å². The summed E-state index contributed by atoms with van der Waals surface area (Å²) in [5.41, 5.74) is 1.92. The van der Waals surface area contributed by atoms with Gasteiger partial charge in [-0.05, 0) is 18.6 Å². The first-order valence-corrected chi connectivity index (χ1v) is 6.66. The molecule has 0 saturated carbocycles. The van der Waals surface area contributed by atoms with Crippen molar-refractivity contribution >= 4 is 50.9 Å². The lowest BCUT2D eigenvalue weighted by Gasteiger charge is -1.94. The number of aliphatic carboxylic acids is 1. The van der Waals surface area contributed by atoms with Crippen LogP contribution in [-0.4, -0.2) is 21.8 Å². The Bertz CT molecular complexity index is 514. The summed E-state index contributed by atoms with van der Waals surface area (Å²) in [5, 5.41) is 9.26. The van der Waals surface area contributed by atoms with Crippen molar-refractivity contribution in [2.45, 2.75) is 11.3 Å². The van der Waals surface area contributed by atoms with E-state index in [1.54, 1.807) is 0 Å². The van der Waals surface area contributed by atoms with E-state index in [9.17, 15) is 4.79 Å². The number of nitrogens with zero attached hydrogens (tertiary/aromatic N) is 1. The fraction of sp³-hybridized carbons (Fsp3) is 0.200. The summed E-state index contributed by atoms with van der Waals surface area (Å²) in [5.74, 6) is -0.816. The van der Waals surface area contributed by atoms with Crippen LogP contribution in [0.5, 0.6) is 0 Å². The Labute approximate surface area is 105 Å². The highest BCUT2D eigenvalue weighted by Gasteiger charge is 2.10. The molecule has 0 aliphatic heterocycles. The summed E-state index contributed by atoms with van der Waals surface area (Å²) < 4.78 is 1.67. The lowest BCUT2D eigenvalue weighted by Crippen LogP contribution is -1.96. The van der Waals surface area contributed by atoms with Crippen LogP contribution in [0.15, 0.2) is 16.5 Å². The monoisotopic (exact) mass is 273 g/mol. The standard InChI is InChI=1S/C10H8ClNO2S2/c1-5-2-3-6(11)9-8(5)12-10(16-9)15-4-7(13)14/h2-3H,4H2,1H3,(H,13,14). The third kappa shape index (κ3) is 2.31. The van der Waals surface area contributed by atoms with Crippen LogP contribution in [0.3, 0.4) is 0 Å². The van der Waals surface area contributed by atoms with E-state index in [1.807, 2.05) is 19.1 Å². The van der Waals surface area contributed by atoms with Crippen molar-refractivity contribution < 1.29 is 9.90 Å². The van der Waals surface area contributed by atoms with Gasteiger partial charge in [-0.2, -0.15) is 0 Å². The molecule has 3 nitrogen and oxygen atoms in total. The Balaban J connectivity index is 2.39. The van der Waals surface area contributed by atoms with Gasteiger partial charge in [-0.3, -0.25) is 4.79 Å². The van der Waals surface area contributed by atoms with Crippen molar-refractivity contribution in [1.82, 2.24) is 4.98 Å². The molecule has 2 rings (SSSR count). The molecule has 0 amide bonds. The summed E-state index contributed by atoms with van der Waals surface area (Å²) in [6.45, 7) is 1.96. The second kappa shape index (κ2) is 4.61. The van der Waals surface area contributed by atoms with E-state index in [0.717, 1.165) is 20.1 Å². The lowest BCUT2D eigenvalue weighted by atomic mass is 10.2. The first-order valence-electron chi connectivity index (χ1n) is 4.48. The van der Waals surface area contributed by atoms with Gasteiger partial charge < -0.3 is 5.11 Å². The third-order valence-corrected chi connectivity index (χ3v) is 4.64. The van der Waals surface area contributed by atoms with Gasteiger partial charge in [-0.1, -0.05) is 29.4 Å². The van der Waals surface area contributed by atoms with Crippen LogP contribution in [0.4, 0.5) is 0 Å². The molecule has 84 valence electrons. The highest BCUT2D eigenvalue weighted by atomic mass is 35.5. The minimum Gasteiger partial charge on any atom is -0.481 e. The molecule has 0 atom stereocenters. The van der Waals surface area contributed by atoms with E-state index in [0.29, 0.717) is 5.02 Å². The lowest BCUT2D eigenvalue weighted by molar-refractivity contribution is -0.133. The molecule has 0 saturated heterocycles. The molecule has 6 heteroatoms. The van der Waals surface area contributed by atoms with Crippen LogP contribution in [0.1, 0.15) is 5.56 Å². The zero-order chi connectivity index (χ0) is 11.7. The average Bonchev–Trinajstić information content (AvgIpc) is 2.66. The highest BCUT2D eigenvalue weighted by Crippen LogP contribution is 2.35. The molecule has 0 bridgehead atoms. The van der Waals surface area contributed by atoms with Gasteiger partial charge in [0.25, 0.3) is 0 Å². The topological polar surface area (TPSA) is 50.2 Å². The maximum atomic E-state index is 10.5. The number of rotatable bonds is 3. The molecule has 0 unspecified atom stereocenters. The van der Waals surface area contributed by atoms with Gasteiger partial charge in [0.05, 0.1) is 21.0 Å². The van der Waals surface area contributed by atoms with Crippen molar-refractivity contribution in [3.8, 4) is 0 Å². The molecule has 0 fully saturated rings. The van der Waals surface area contributed by atoms with Crippen LogP contribution in [0.25, 0.3) is 10.2 Å². The van der Waals surface area contributed by atoms with E-state index < -0.39 is 5.97 Å². The van der Waals surface area contributed by atoms with E-state index in [-0.39, 0.29) is 5.75 Å². The number of carbonyl (C=O) groups is 1. The summed E-state index contributed by atoms with van der Waals surface area (Å²) >= 11 is 8.71. The summed E-state index contributed by atoms with van der Waals surface area (Å²) in [7, 11) is 0. The minimum absolute atomic E-state index is 0.0243. The van der Waals surface area contributed by atoms with Crippen molar-refractivity contribution in [2.24, 2.45) is 0 Å².